The molecule has 0 saturated carbocycles. The van der Waals surface area contributed by atoms with Gasteiger partial charge in [-0.25, -0.2) is 0 Å². The number of halogens is 1. The van der Waals surface area contributed by atoms with Crippen molar-refractivity contribution in [3.05, 3.63) is 29.8 Å². The van der Waals surface area contributed by atoms with Crippen LogP contribution in [0.2, 0.25) is 0 Å². The van der Waals surface area contributed by atoms with E-state index in [4.69, 9.17) is 9.84 Å². The summed E-state index contributed by atoms with van der Waals surface area (Å²) in [6.07, 6.45) is 0. The number of hydrogen-bond acceptors (Lipinski definition) is 4. The van der Waals surface area contributed by atoms with Crippen LogP contribution in [0.3, 0.4) is 0 Å². The molecular weight excluding hydrogens is 256 g/mol. The van der Waals surface area contributed by atoms with E-state index >= 15 is 0 Å². The number of benzene rings is 1. The minimum absolute atomic E-state index is 0. The highest BCUT2D eigenvalue weighted by atomic mass is 35.5. The predicted octanol–water partition coefficient (Wildman–Crippen LogP) is 0.315. The van der Waals surface area contributed by atoms with Crippen LogP contribution in [0.15, 0.2) is 24.3 Å². The largest absolute Gasteiger partial charge is 0.491 e. The van der Waals surface area contributed by atoms with Gasteiger partial charge in [-0.15, -0.1) is 12.4 Å². The zero-order valence-electron chi connectivity index (χ0n) is 10.3. The van der Waals surface area contributed by atoms with Gasteiger partial charge in [0.05, 0.1) is 13.2 Å². The third-order valence-electron chi connectivity index (χ3n) is 2.13. The predicted molar refractivity (Wildman–Crippen MR) is 72.0 cm³/mol. The van der Waals surface area contributed by atoms with Gasteiger partial charge in [0, 0.05) is 12.1 Å². The Labute approximate surface area is 113 Å². The van der Waals surface area contributed by atoms with Gasteiger partial charge < -0.3 is 20.5 Å². The van der Waals surface area contributed by atoms with E-state index in [1.165, 1.54) is 0 Å². The van der Waals surface area contributed by atoms with Crippen LogP contribution in [0.4, 0.5) is 0 Å². The highest BCUT2D eigenvalue weighted by Gasteiger charge is 2.04. The Morgan fingerprint density at radius 1 is 1.39 bits per heavy atom. The molecule has 0 saturated heterocycles. The van der Waals surface area contributed by atoms with Gasteiger partial charge in [-0.3, -0.25) is 4.79 Å². The molecule has 3 N–H and O–H groups in total. The van der Waals surface area contributed by atoms with Crippen molar-refractivity contribution in [2.75, 3.05) is 26.8 Å². The highest BCUT2D eigenvalue weighted by molar-refractivity contribution is 5.85. The number of likely N-dealkylation sites (N-methyl/N-ethyl adjacent to an activating group) is 1. The average Bonchev–Trinajstić information content (AvgIpc) is 2.35. The van der Waals surface area contributed by atoms with E-state index in [0.29, 0.717) is 18.8 Å². The first kappa shape index (κ1) is 16.7. The van der Waals surface area contributed by atoms with E-state index in [1.807, 2.05) is 24.3 Å². The van der Waals surface area contributed by atoms with Gasteiger partial charge in [0.2, 0.25) is 5.91 Å². The number of rotatable bonds is 7. The summed E-state index contributed by atoms with van der Waals surface area (Å²) in [6.45, 7) is 0.934. The van der Waals surface area contributed by atoms with Crippen molar-refractivity contribution in [2.45, 2.75) is 6.54 Å². The van der Waals surface area contributed by atoms with Crippen molar-refractivity contribution in [2.24, 2.45) is 0 Å². The first-order valence-electron chi connectivity index (χ1n) is 5.50. The fourth-order valence-corrected chi connectivity index (χ4v) is 1.36. The molecule has 0 unspecified atom stereocenters. The van der Waals surface area contributed by atoms with E-state index in [1.54, 1.807) is 7.05 Å². The van der Waals surface area contributed by atoms with Gasteiger partial charge in [-0.2, -0.15) is 0 Å². The van der Waals surface area contributed by atoms with Crippen LogP contribution in [-0.2, 0) is 11.3 Å². The molecule has 0 fully saturated rings. The van der Waals surface area contributed by atoms with Crippen LogP contribution < -0.4 is 15.4 Å². The maximum atomic E-state index is 11.3. The molecule has 1 aromatic carbocycles. The minimum Gasteiger partial charge on any atom is -0.491 e. The second-order valence-corrected chi connectivity index (χ2v) is 3.49. The number of hydrogen-bond donors (Lipinski definition) is 3. The van der Waals surface area contributed by atoms with Crippen molar-refractivity contribution in [1.29, 1.82) is 0 Å². The summed E-state index contributed by atoms with van der Waals surface area (Å²) in [6, 6.07) is 7.43. The third kappa shape index (κ3) is 5.86. The SMILES string of the molecule is CNCC(=O)NCc1ccccc1OCCO.Cl. The number of carbonyl (C=O) groups excluding carboxylic acids is 1. The van der Waals surface area contributed by atoms with Crippen LogP contribution in [0.25, 0.3) is 0 Å². The van der Waals surface area contributed by atoms with E-state index in [-0.39, 0.29) is 31.5 Å². The van der Waals surface area contributed by atoms with Crippen LogP contribution in [0, 0.1) is 0 Å². The molecule has 0 aromatic heterocycles. The smallest absolute Gasteiger partial charge is 0.234 e. The van der Waals surface area contributed by atoms with Crippen LogP contribution in [0.1, 0.15) is 5.56 Å². The van der Waals surface area contributed by atoms with Gasteiger partial charge in [0.15, 0.2) is 0 Å². The first-order valence-corrected chi connectivity index (χ1v) is 5.50. The summed E-state index contributed by atoms with van der Waals surface area (Å²) < 4.78 is 5.36. The number of ether oxygens (including phenoxy) is 1. The number of aliphatic hydroxyl groups is 1. The molecule has 0 spiro atoms. The second kappa shape index (κ2) is 9.70. The lowest BCUT2D eigenvalue weighted by molar-refractivity contribution is -0.120. The maximum Gasteiger partial charge on any atom is 0.234 e. The van der Waals surface area contributed by atoms with E-state index in [2.05, 4.69) is 10.6 Å². The number of carbonyl (C=O) groups is 1. The fraction of sp³-hybridized carbons (Fsp3) is 0.417. The standard InChI is InChI=1S/C12H18N2O3.ClH/c1-13-9-12(16)14-8-10-4-2-3-5-11(10)17-7-6-15;/h2-5,13,15H,6-9H2,1H3,(H,14,16);1H. The third-order valence-corrected chi connectivity index (χ3v) is 2.13. The molecule has 5 nitrogen and oxygen atoms in total. The number of amides is 1. The first-order chi connectivity index (χ1) is 8.27. The molecule has 0 bridgehead atoms. The summed E-state index contributed by atoms with van der Waals surface area (Å²) >= 11 is 0. The average molecular weight is 275 g/mol. The molecule has 0 aliphatic carbocycles. The summed E-state index contributed by atoms with van der Waals surface area (Å²) in [5.41, 5.74) is 0.894. The van der Waals surface area contributed by atoms with E-state index in [0.717, 1.165) is 5.56 Å². The lowest BCUT2D eigenvalue weighted by Crippen LogP contribution is -2.31. The van der Waals surface area contributed by atoms with Crippen LogP contribution >= 0.6 is 12.4 Å². The van der Waals surface area contributed by atoms with E-state index < -0.39 is 0 Å². The molecule has 1 aromatic rings. The van der Waals surface area contributed by atoms with Crippen LogP contribution in [-0.4, -0.2) is 37.8 Å². The van der Waals surface area contributed by atoms with Crippen molar-refractivity contribution >= 4 is 18.3 Å². The fourth-order valence-electron chi connectivity index (χ4n) is 1.36. The molecule has 0 heterocycles. The van der Waals surface area contributed by atoms with Gasteiger partial charge in [-0.1, -0.05) is 18.2 Å². The quantitative estimate of drug-likeness (QED) is 0.670. The molecule has 0 aliphatic rings. The Hall–Kier alpha value is -1.30. The summed E-state index contributed by atoms with van der Waals surface area (Å²) in [4.78, 5) is 11.3. The lowest BCUT2D eigenvalue weighted by Gasteiger charge is -2.11. The minimum atomic E-state index is -0.0653. The van der Waals surface area contributed by atoms with E-state index in [9.17, 15) is 4.79 Å². The molecule has 18 heavy (non-hydrogen) atoms. The zero-order chi connectivity index (χ0) is 12.5. The van der Waals surface area contributed by atoms with Crippen LogP contribution in [0.5, 0.6) is 5.75 Å². The molecule has 102 valence electrons. The Morgan fingerprint density at radius 2 is 2.11 bits per heavy atom. The molecule has 1 rings (SSSR count). The Morgan fingerprint density at radius 3 is 2.78 bits per heavy atom. The molecule has 1 amide bonds. The van der Waals surface area contributed by atoms with Gasteiger partial charge in [0.1, 0.15) is 12.4 Å². The van der Waals surface area contributed by atoms with Crippen molar-refractivity contribution in [3.8, 4) is 5.75 Å². The summed E-state index contributed by atoms with van der Waals surface area (Å²) in [7, 11) is 1.72. The normalized spacial score (nSPS) is 9.44. The molecule has 0 atom stereocenters. The Bertz CT molecular complexity index is 361. The summed E-state index contributed by atoms with van der Waals surface area (Å²) in [5.74, 6) is 0.621. The molecule has 6 heteroatoms. The molecule has 0 radical (unpaired) electrons. The highest BCUT2D eigenvalue weighted by Crippen LogP contribution is 2.17. The number of aliphatic hydroxyl groups excluding tert-OH is 1. The number of nitrogens with one attached hydrogen (secondary N) is 2. The monoisotopic (exact) mass is 274 g/mol. The van der Waals surface area contributed by atoms with Gasteiger partial charge >= 0.3 is 0 Å². The zero-order valence-corrected chi connectivity index (χ0v) is 11.1. The van der Waals surface area contributed by atoms with Crippen molar-refractivity contribution in [3.63, 3.8) is 0 Å². The number of para-hydroxylation sites is 1. The Balaban J connectivity index is 0.00000289. The van der Waals surface area contributed by atoms with Gasteiger partial charge in [0.25, 0.3) is 0 Å². The second-order valence-electron chi connectivity index (χ2n) is 3.49. The lowest BCUT2D eigenvalue weighted by atomic mass is 10.2. The summed E-state index contributed by atoms with van der Waals surface area (Å²) in [5, 5.41) is 14.3. The maximum absolute atomic E-state index is 11.3. The molecular formula is C12H19ClN2O3. The van der Waals surface area contributed by atoms with Crippen molar-refractivity contribution < 1.29 is 14.6 Å². The Kier molecular flexibility index (Phi) is 9.00. The van der Waals surface area contributed by atoms with Gasteiger partial charge in [-0.05, 0) is 13.1 Å². The molecule has 0 aliphatic heterocycles. The topological polar surface area (TPSA) is 70.6 Å². The van der Waals surface area contributed by atoms with Crippen molar-refractivity contribution in [1.82, 2.24) is 10.6 Å².